The summed E-state index contributed by atoms with van der Waals surface area (Å²) >= 11 is 0. The Morgan fingerprint density at radius 2 is 1.17 bits per heavy atom. The van der Waals surface area contributed by atoms with Gasteiger partial charge in [0.05, 0.1) is 19.9 Å². The van der Waals surface area contributed by atoms with E-state index >= 15 is 0 Å². The Morgan fingerprint density at radius 3 is 1.69 bits per heavy atom. The van der Waals surface area contributed by atoms with Crippen molar-refractivity contribution in [2.45, 2.75) is 0 Å². The average Bonchev–Trinajstić information content (AvgIpc) is 2.92. The molecule has 0 aliphatic carbocycles. The lowest BCUT2D eigenvalue weighted by Crippen LogP contribution is -2.22. The minimum atomic E-state index is -0.0706. The largest absolute Gasteiger partial charge is 0.493 e. The normalized spacial score (nSPS) is 10.7. The Labute approximate surface area is 209 Å². The first-order chi connectivity index (χ1) is 17.6. The highest BCUT2D eigenvalue weighted by atomic mass is 16.5. The average molecular weight is 475 g/mol. The van der Waals surface area contributed by atoms with E-state index in [0.29, 0.717) is 17.3 Å². The molecule has 178 valence electrons. The lowest BCUT2D eigenvalue weighted by molar-refractivity contribution is 0.356. The van der Waals surface area contributed by atoms with Crippen LogP contribution in [0.3, 0.4) is 0 Å². The summed E-state index contributed by atoms with van der Waals surface area (Å²) in [5, 5.41) is 1.64. The minimum absolute atomic E-state index is 0.0706. The van der Waals surface area contributed by atoms with E-state index in [-0.39, 0.29) is 5.96 Å². The molecule has 0 radical (unpaired) electrons. The highest BCUT2D eigenvalue weighted by Crippen LogP contribution is 2.39. The predicted octanol–water partition coefficient (Wildman–Crippen LogP) is 6.16. The van der Waals surface area contributed by atoms with E-state index in [4.69, 9.17) is 25.9 Å². The van der Waals surface area contributed by atoms with Gasteiger partial charge in [-0.2, -0.15) is 4.99 Å². The number of guanidine groups is 1. The number of ether oxygens (including phenoxy) is 2. The third-order valence-corrected chi connectivity index (χ3v) is 5.99. The molecule has 5 rings (SSSR count). The molecule has 0 saturated carbocycles. The number of nitrogens with zero attached hydrogens (tertiary/aromatic N) is 2. The van der Waals surface area contributed by atoms with Crippen molar-refractivity contribution in [3.8, 4) is 45.0 Å². The van der Waals surface area contributed by atoms with Crippen molar-refractivity contribution in [3.05, 3.63) is 97.1 Å². The van der Waals surface area contributed by atoms with Crippen molar-refractivity contribution in [2.75, 3.05) is 14.2 Å². The molecule has 6 heteroatoms. The van der Waals surface area contributed by atoms with Crippen LogP contribution in [0.4, 0.5) is 5.82 Å². The molecule has 0 spiro atoms. The molecule has 1 aromatic heterocycles. The van der Waals surface area contributed by atoms with Crippen LogP contribution in [0.2, 0.25) is 0 Å². The molecule has 0 bridgehead atoms. The van der Waals surface area contributed by atoms with Crippen LogP contribution in [0.5, 0.6) is 11.5 Å². The van der Waals surface area contributed by atoms with Crippen LogP contribution in [0.25, 0.3) is 44.3 Å². The van der Waals surface area contributed by atoms with Gasteiger partial charge in [0.15, 0.2) is 23.3 Å². The first-order valence-corrected chi connectivity index (χ1v) is 11.5. The van der Waals surface area contributed by atoms with Gasteiger partial charge in [0.1, 0.15) is 0 Å². The van der Waals surface area contributed by atoms with Crippen LogP contribution in [-0.2, 0) is 0 Å². The summed E-state index contributed by atoms with van der Waals surface area (Å²) in [7, 11) is 3.20. The SMILES string of the molecule is COc1cc2cc(-c3cc(-c4ccccc4)cc(-c4ccccc4)c3)nc(N=C(N)N)c2cc1OC. The Morgan fingerprint density at radius 1 is 0.639 bits per heavy atom. The van der Waals surface area contributed by atoms with Gasteiger partial charge in [-0.3, -0.25) is 0 Å². The fourth-order valence-electron chi connectivity index (χ4n) is 4.29. The van der Waals surface area contributed by atoms with Crippen molar-refractivity contribution in [3.63, 3.8) is 0 Å². The Kier molecular flexibility index (Phi) is 6.24. The van der Waals surface area contributed by atoms with Gasteiger partial charge in [-0.1, -0.05) is 60.7 Å². The first kappa shape index (κ1) is 22.9. The smallest absolute Gasteiger partial charge is 0.192 e. The fraction of sp³-hybridized carbons (Fsp3) is 0.0667. The highest BCUT2D eigenvalue weighted by Gasteiger charge is 2.15. The molecule has 1 heterocycles. The Hall–Kier alpha value is -4.84. The number of aliphatic imine (C=N–C) groups is 1. The summed E-state index contributed by atoms with van der Waals surface area (Å²) in [5.41, 5.74) is 17.6. The van der Waals surface area contributed by atoms with Crippen LogP contribution in [0, 0.1) is 0 Å². The van der Waals surface area contributed by atoms with Crippen molar-refractivity contribution in [2.24, 2.45) is 16.5 Å². The minimum Gasteiger partial charge on any atom is -0.493 e. The molecule has 5 aromatic rings. The predicted molar refractivity (Wildman–Crippen MR) is 147 cm³/mol. The number of hydrogen-bond donors (Lipinski definition) is 2. The quantitative estimate of drug-likeness (QED) is 0.227. The Bertz CT molecular complexity index is 1500. The number of methoxy groups -OCH3 is 2. The van der Waals surface area contributed by atoms with Crippen molar-refractivity contribution in [1.29, 1.82) is 0 Å². The van der Waals surface area contributed by atoms with Gasteiger partial charge >= 0.3 is 0 Å². The molecule has 0 amide bonds. The number of benzene rings is 4. The molecule has 4 N–H and O–H groups in total. The molecule has 36 heavy (non-hydrogen) atoms. The summed E-state index contributed by atoms with van der Waals surface area (Å²) in [6.45, 7) is 0. The lowest BCUT2D eigenvalue weighted by atomic mass is 9.94. The molecule has 0 aliphatic heterocycles. The fourth-order valence-corrected chi connectivity index (χ4v) is 4.29. The van der Waals surface area contributed by atoms with Gasteiger partial charge in [0.25, 0.3) is 0 Å². The number of pyridine rings is 1. The van der Waals surface area contributed by atoms with Crippen LogP contribution in [0.1, 0.15) is 0 Å². The summed E-state index contributed by atoms with van der Waals surface area (Å²) in [5.74, 6) is 1.53. The first-order valence-electron chi connectivity index (χ1n) is 11.5. The van der Waals surface area contributed by atoms with Gasteiger partial charge < -0.3 is 20.9 Å². The monoisotopic (exact) mass is 474 g/mol. The van der Waals surface area contributed by atoms with E-state index in [1.807, 2.05) is 54.6 Å². The number of aromatic nitrogens is 1. The molecule has 0 atom stereocenters. The summed E-state index contributed by atoms with van der Waals surface area (Å²) in [6, 6.07) is 32.8. The van der Waals surface area contributed by atoms with E-state index in [1.165, 1.54) is 0 Å². The molecule has 0 saturated heterocycles. The molecule has 0 unspecified atom stereocenters. The number of fused-ring (bicyclic) bond motifs is 1. The maximum atomic E-state index is 5.76. The second-order valence-corrected chi connectivity index (χ2v) is 8.33. The second kappa shape index (κ2) is 9.80. The molecular weight excluding hydrogens is 448 g/mol. The zero-order valence-corrected chi connectivity index (χ0v) is 20.1. The Balaban J connectivity index is 1.78. The van der Waals surface area contributed by atoms with Gasteiger partial charge in [0, 0.05) is 10.9 Å². The van der Waals surface area contributed by atoms with Gasteiger partial charge in [-0.05, 0) is 64.0 Å². The summed E-state index contributed by atoms with van der Waals surface area (Å²) in [6.07, 6.45) is 0. The zero-order valence-electron chi connectivity index (χ0n) is 20.1. The van der Waals surface area contributed by atoms with Crippen LogP contribution >= 0.6 is 0 Å². The second-order valence-electron chi connectivity index (χ2n) is 8.33. The van der Waals surface area contributed by atoms with E-state index in [2.05, 4.69) is 47.5 Å². The van der Waals surface area contributed by atoms with Gasteiger partial charge in [0.2, 0.25) is 0 Å². The van der Waals surface area contributed by atoms with Crippen molar-refractivity contribution >= 4 is 22.5 Å². The molecule has 0 aliphatic rings. The standard InChI is InChI=1S/C30H26N4O2/c1-35-27-17-23-16-26(33-29(34-30(31)32)25(23)18-28(27)36-2)24-14-21(19-9-5-3-6-10-19)13-22(15-24)20-11-7-4-8-12-20/h3-18H,1-2H3,(H4,31,32,33,34). The van der Waals surface area contributed by atoms with E-state index in [0.717, 1.165) is 44.3 Å². The summed E-state index contributed by atoms with van der Waals surface area (Å²) < 4.78 is 11.0. The van der Waals surface area contributed by atoms with Crippen LogP contribution in [0.15, 0.2) is 102 Å². The zero-order chi connectivity index (χ0) is 25.1. The third kappa shape index (κ3) is 4.57. The van der Waals surface area contributed by atoms with Gasteiger partial charge in [-0.25, -0.2) is 4.98 Å². The molecular formula is C30H26N4O2. The number of rotatable bonds is 6. The topological polar surface area (TPSA) is 95.8 Å². The third-order valence-electron chi connectivity index (χ3n) is 5.99. The molecule has 0 fully saturated rings. The van der Waals surface area contributed by atoms with E-state index < -0.39 is 0 Å². The van der Waals surface area contributed by atoms with Crippen molar-refractivity contribution in [1.82, 2.24) is 4.98 Å². The maximum Gasteiger partial charge on any atom is 0.192 e. The number of nitrogens with two attached hydrogens (primary N) is 2. The van der Waals surface area contributed by atoms with Crippen molar-refractivity contribution < 1.29 is 9.47 Å². The molecule has 4 aromatic carbocycles. The van der Waals surface area contributed by atoms with Gasteiger partial charge in [-0.15, -0.1) is 0 Å². The molecule has 6 nitrogen and oxygen atoms in total. The van der Waals surface area contributed by atoms with Crippen LogP contribution < -0.4 is 20.9 Å². The van der Waals surface area contributed by atoms with E-state index in [1.54, 1.807) is 14.2 Å². The van der Waals surface area contributed by atoms with E-state index in [9.17, 15) is 0 Å². The highest BCUT2D eigenvalue weighted by molar-refractivity contribution is 5.98. The maximum absolute atomic E-state index is 5.76. The lowest BCUT2D eigenvalue weighted by Gasteiger charge is -2.14. The van der Waals surface area contributed by atoms with Crippen LogP contribution in [-0.4, -0.2) is 25.2 Å². The number of hydrogen-bond acceptors (Lipinski definition) is 4. The summed E-state index contributed by atoms with van der Waals surface area (Å²) in [4.78, 5) is 9.20.